The van der Waals surface area contributed by atoms with Crippen LogP contribution in [0, 0.1) is 31.1 Å². The minimum Gasteiger partial charge on any atom is -0.326 e. The van der Waals surface area contributed by atoms with Crippen LogP contribution in [0.1, 0.15) is 29.5 Å². The third kappa shape index (κ3) is 5.90. The molecular weight excluding hydrogens is 364 g/mol. The summed E-state index contributed by atoms with van der Waals surface area (Å²) in [5.41, 5.74) is 4.22. The lowest BCUT2D eigenvalue weighted by Crippen LogP contribution is -2.41. The lowest BCUT2D eigenvalue weighted by Gasteiger charge is -2.30. The molecule has 0 unspecified atom stereocenters. The van der Waals surface area contributed by atoms with Crippen molar-refractivity contribution in [2.45, 2.75) is 26.7 Å². The van der Waals surface area contributed by atoms with E-state index in [9.17, 15) is 9.59 Å². The summed E-state index contributed by atoms with van der Waals surface area (Å²) in [6, 6.07) is 15.0. The van der Waals surface area contributed by atoms with Crippen molar-refractivity contribution in [2.75, 3.05) is 30.3 Å². The Morgan fingerprint density at radius 1 is 1.03 bits per heavy atom. The zero-order valence-electron chi connectivity index (χ0n) is 16.9. The molecule has 0 atom stereocenters. The van der Waals surface area contributed by atoms with Crippen LogP contribution in [0.2, 0.25) is 0 Å². The zero-order chi connectivity index (χ0) is 20.8. The smallest absolute Gasteiger partial charge is 0.238 e. The number of carbonyl (C=O) groups is 2. The van der Waals surface area contributed by atoms with Gasteiger partial charge in [-0.15, -0.1) is 0 Å². The Bertz CT molecular complexity index is 920. The second-order valence-electron chi connectivity index (χ2n) is 7.66. The minimum atomic E-state index is -0.0838. The number of piperidine rings is 1. The molecule has 1 fully saturated rings. The number of hydrogen-bond acceptors (Lipinski definition) is 4. The van der Waals surface area contributed by atoms with E-state index < -0.39 is 0 Å². The molecule has 2 aromatic carbocycles. The Balaban J connectivity index is 1.46. The second-order valence-corrected chi connectivity index (χ2v) is 7.66. The molecule has 1 saturated heterocycles. The zero-order valence-corrected chi connectivity index (χ0v) is 16.9. The van der Waals surface area contributed by atoms with E-state index in [1.165, 1.54) is 0 Å². The predicted molar refractivity (Wildman–Crippen MR) is 113 cm³/mol. The molecule has 0 bridgehead atoms. The maximum Gasteiger partial charge on any atom is 0.238 e. The summed E-state index contributed by atoms with van der Waals surface area (Å²) in [4.78, 5) is 27.0. The van der Waals surface area contributed by atoms with Crippen LogP contribution in [0.3, 0.4) is 0 Å². The molecule has 2 aromatic rings. The summed E-state index contributed by atoms with van der Waals surface area (Å²) in [6.45, 7) is 5.75. The van der Waals surface area contributed by atoms with Crippen molar-refractivity contribution in [1.29, 1.82) is 5.26 Å². The molecule has 1 aliphatic rings. The number of hydrogen-bond donors (Lipinski definition) is 2. The molecule has 0 radical (unpaired) electrons. The van der Waals surface area contributed by atoms with Crippen LogP contribution in [0.5, 0.6) is 0 Å². The number of nitrogens with one attached hydrogen (secondary N) is 2. The fourth-order valence-corrected chi connectivity index (χ4v) is 3.71. The number of benzene rings is 2. The van der Waals surface area contributed by atoms with Gasteiger partial charge in [-0.3, -0.25) is 14.5 Å². The van der Waals surface area contributed by atoms with E-state index >= 15 is 0 Å². The predicted octanol–water partition coefficient (Wildman–Crippen LogP) is 3.46. The van der Waals surface area contributed by atoms with Gasteiger partial charge in [0.25, 0.3) is 0 Å². The molecule has 29 heavy (non-hydrogen) atoms. The van der Waals surface area contributed by atoms with Crippen molar-refractivity contribution in [2.24, 2.45) is 5.92 Å². The van der Waals surface area contributed by atoms with Crippen molar-refractivity contribution in [3.05, 3.63) is 59.2 Å². The van der Waals surface area contributed by atoms with Crippen LogP contribution in [-0.2, 0) is 9.59 Å². The van der Waals surface area contributed by atoms with E-state index in [0.29, 0.717) is 43.7 Å². The minimum absolute atomic E-state index is 0.0283. The summed E-state index contributed by atoms with van der Waals surface area (Å²) >= 11 is 0. The van der Waals surface area contributed by atoms with Crippen LogP contribution in [0.25, 0.3) is 0 Å². The Hall–Kier alpha value is -3.17. The first-order chi connectivity index (χ1) is 13.9. The maximum atomic E-state index is 12.5. The number of rotatable bonds is 5. The van der Waals surface area contributed by atoms with Gasteiger partial charge in [-0.1, -0.05) is 12.1 Å². The average Bonchev–Trinajstić information content (AvgIpc) is 2.67. The topological polar surface area (TPSA) is 85.2 Å². The monoisotopic (exact) mass is 390 g/mol. The number of amides is 2. The molecule has 0 saturated carbocycles. The van der Waals surface area contributed by atoms with Crippen LogP contribution in [-0.4, -0.2) is 36.3 Å². The molecular formula is C23H26N4O2. The number of nitriles is 1. The fraction of sp³-hybridized carbons (Fsp3) is 0.348. The first kappa shape index (κ1) is 20.6. The number of nitrogens with zero attached hydrogens (tertiary/aromatic N) is 2. The molecule has 1 heterocycles. The number of anilines is 2. The van der Waals surface area contributed by atoms with E-state index in [1.54, 1.807) is 24.3 Å². The van der Waals surface area contributed by atoms with Gasteiger partial charge < -0.3 is 10.6 Å². The molecule has 0 aliphatic carbocycles. The van der Waals surface area contributed by atoms with Gasteiger partial charge in [0.15, 0.2) is 0 Å². The van der Waals surface area contributed by atoms with Crippen molar-refractivity contribution >= 4 is 23.2 Å². The van der Waals surface area contributed by atoms with E-state index in [4.69, 9.17) is 5.26 Å². The van der Waals surface area contributed by atoms with Crippen molar-refractivity contribution in [1.82, 2.24) is 4.90 Å². The summed E-state index contributed by atoms with van der Waals surface area (Å²) < 4.78 is 0. The van der Waals surface area contributed by atoms with E-state index in [1.807, 2.05) is 26.0 Å². The van der Waals surface area contributed by atoms with Gasteiger partial charge in [-0.25, -0.2) is 0 Å². The van der Waals surface area contributed by atoms with Crippen LogP contribution < -0.4 is 10.6 Å². The van der Waals surface area contributed by atoms with Gasteiger partial charge in [-0.05, 0) is 81.2 Å². The van der Waals surface area contributed by atoms with Gasteiger partial charge in [0, 0.05) is 17.3 Å². The molecule has 0 aromatic heterocycles. The number of carbonyl (C=O) groups excluding carboxylic acids is 2. The van der Waals surface area contributed by atoms with Crippen LogP contribution in [0.15, 0.2) is 42.5 Å². The highest BCUT2D eigenvalue weighted by molar-refractivity contribution is 5.93. The van der Waals surface area contributed by atoms with E-state index in [0.717, 1.165) is 16.8 Å². The quantitative estimate of drug-likeness (QED) is 0.819. The third-order valence-electron chi connectivity index (χ3n) is 5.09. The lowest BCUT2D eigenvalue weighted by molar-refractivity contribution is -0.121. The second kappa shape index (κ2) is 9.35. The summed E-state index contributed by atoms with van der Waals surface area (Å²) in [5.74, 6) is -0.148. The van der Waals surface area contributed by atoms with Crippen LogP contribution in [0.4, 0.5) is 11.4 Å². The molecule has 6 nitrogen and oxygen atoms in total. The SMILES string of the molecule is Cc1cc(C)cc(NC(=O)CN2CCC(C(=O)Nc3cccc(C#N)c3)CC2)c1. The number of likely N-dealkylation sites (tertiary alicyclic amines) is 1. The van der Waals surface area contributed by atoms with Gasteiger partial charge in [0.05, 0.1) is 18.2 Å². The van der Waals surface area contributed by atoms with Gasteiger partial charge >= 0.3 is 0 Å². The van der Waals surface area contributed by atoms with Crippen molar-refractivity contribution in [3.8, 4) is 6.07 Å². The first-order valence-corrected chi connectivity index (χ1v) is 9.84. The Kier molecular flexibility index (Phi) is 6.63. The van der Waals surface area contributed by atoms with Crippen molar-refractivity contribution in [3.63, 3.8) is 0 Å². The molecule has 2 N–H and O–H groups in total. The van der Waals surface area contributed by atoms with E-state index in [2.05, 4.69) is 27.7 Å². The van der Waals surface area contributed by atoms with Crippen molar-refractivity contribution < 1.29 is 9.59 Å². The Morgan fingerprint density at radius 3 is 2.38 bits per heavy atom. The lowest BCUT2D eigenvalue weighted by atomic mass is 9.95. The van der Waals surface area contributed by atoms with Gasteiger partial charge in [0.2, 0.25) is 11.8 Å². The highest BCUT2D eigenvalue weighted by Crippen LogP contribution is 2.20. The maximum absolute atomic E-state index is 12.5. The normalized spacial score (nSPS) is 14.8. The Morgan fingerprint density at radius 2 is 1.72 bits per heavy atom. The van der Waals surface area contributed by atoms with Crippen LogP contribution >= 0.6 is 0 Å². The van der Waals surface area contributed by atoms with E-state index in [-0.39, 0.29) is 17.7 Å². The third-order valence-corrected chi connectivity index (χ3v) is 5.09. The van der Waals surface area contributed by atoms with Gasteiger partial charge in [0.1, 0.15) is 0 Å². The molecule has 2 amide bonds. The standard InChI is InChI=1S/C23H26N4O2/c1-16-10-17(2)12-21(11-16)25-22(28)15-27-8-6-19(7-9-27)23(29)26-20-5-3-4-18(13-20)14-24/h3-5,10-13,19H,6-9,15H2,1-2H3,(H,25,28)(H,26,29). The van der Waals surface area contributed by atoms with Gasteiger partial charge in [-0.2, -0.15) is 5.26 Å². The molecule has 6 heteroatoms. The highest BCUT2D eigenvalue weighted by Gasteiger charge is 2.26. The molecule has 3 rings (SSSR count). The largest absolute Gasteiger partial charge is 0.326 e. The highest BCUT2D eigenvalue weighted by atomic mass is 16.2. The number of aryl methyl sites for hydroxylation is 2. The molecule has 150 valence electrons. The Labute approximate surface area is 171 Å². The summed E-state index contributed by atoms with van der Waals surface area (Å²) in [7, 11) is 0. The molecule has 0 spiro atoms. The first-order valence-electron chi connectivity index (χ1n) is 9.84. The average molecular weight is 390 g/mol. The fourth-order valence-electron chi connectivity index (χ4n) is 3.71. The molecule has 1 aliphatic heterocycles. The summed E-state index contributed by atoms with van der Waals surface area (Å²) in [5, 5.41) is 14.8. The summed E-state index contributed by atoms with van der Waals surface area (Å²) in [6.07, 6.45) is 1.42.